The number of hydrogen-bond donors (Lipinski definition) is 0. The number of halogens is 1. The van der Waals surface area contributed by atoms with Crippen molar-refractivity contribution in [1.29, 1.82) is 0 Å². The lowest BCUT2D eigenvalue weighted by atomic mass is 10.2. The van der Waals surface area contributed by atoms with Gasteiger partial charge < -0.3 is 9.47 Å². The average Bonchev–Trinajstić information content (AvgIpc) is 2.70. The average molecular weight is 386 g/mol. The van der Waals surface area contributed by atoms with Gasteiger partial charge in [-0.1, -0.05) is 12.1 Å². The maximum Gasteiger partial charge on any atom is 0.332 e. The minimum absolute atomic E-state index is 0.179. The van der Waals surface area contributed by atoms with E-state index < -0.39 is 23.0 Å². The Bertz CT molecular complexity index is 1150. The van der Waals surface area contributed by atoms with E-state index in [2.05, 4.69) is 0 Å². The van der Waals surface area contributed by atoms with E-state index in [1.54, 1.807) is 31.2 Å². The summed E-state index contributed by atoms with van der Waals surface area (Å²) in [5, 5.41) is 0.337. The van der Waals surface area contributed by atoms with E-state index in [-0.39, 0.29) is 19.7 Å². The molecule has 3 aromatic rings. The van der Waals surface area contributed by atoms with Crippen molar-refractivity contribution < 1.29 is 18.7 Å². The van der Waals surface area contributed by atoms with Gasteiger partial charge in [-0.05, 0) is 37.3 Å². The summed E-state index contributed by atoms with van der Waals surface area (Å²) in [6.07, 6.45) is 0. The Morgan fingerprint density at radius 2 is 1.86 bits per heavy atom. The first-order valence-corrected chi connectivity index (χ1v) is 8.66. The molecule has 2 aromatic carbocycles. The van der Waals surface area contributed by atoms with Gasteiger partial charge in [-0.3, -0.25) is 18.7 Å². The molecule has 0 N–H and O–H groups in total. The molecule has 0 atom stereocenters. The highest BCUT2D eigenvalue weighted by molar-refractivity contribution is 5.80. The van der Waals surface area contributed by atoms with E-state index in [9.17, 15) is 18.8 Å². The SMILES string of the molecule is CCn1c(=O)c2ccccc2n(CC(=O)OCc2cc(F)ccc2OC)c1=O. The monoisotopic (exact) mass is 386 g/mol. The van der Waals surface area contributed by atoms with Gasteiger partial charge in [0.25, 0.3) is 5.56 Å². The molecule has 1 heterocycles. The minimum Gasteiger partial charge on any atom is -0.496 e. The molecule has 0 aliphatic heterocycles. The summed E-state index contributed by atoms with van der Waals surface area (Å²) in [4.78, 5) is 37.4. The second kappa shape index (κ2) is 8.08. The molecule has 0 unspecified atom stereocenters. The van der Waals surface area contributed by atoms with E-state index in [1.165, 1.54) is 29.9 Å². The fourth-order valence-electron chi connectivity index (χ4n) is 3.00. The zero-order valence-corrected chi connectivity index (χ0v) is 15.5. The van der Waals surface area contributed by atoms with Crippen LogP contribution in [0, 0.1) is 5.82 Å². The summed E-state index contributed by atoms with van der Waals surface area (Å²) in [5.74, 6) is -0.791. The van der Waals surface area contributed by atoms with Crippen LogP contribution in [0.15, 0.2) is 52.1 Å². The molecule has 0 aliphatic rings. The first kappa shape index (κ1) is 19.3. The number of rotatable bonds is 6. The summed E-state index contributed by atoms with van der Waals surface area (Å²) < 4.78 is 26.0. The lowest BCUT2D eigenvalue weighted by Gasteiger charge is -2.13. The highest BCUT2D eigenvalue weighted by Crippen LogP contribution is 2.20. The number of fused-ring (bicyclic) bond motifs is 1. The van der Waals surface area contributed by atoms with Crippen LogP contribution < -0.4 is 16.0 Å². The van der Waals surface area contributed by atoms with Gasteiger partial charge in [0, 0.05) is 12.1 Å². The summed E-state index contributed by atoms with van der Waals surface area (Å²) in [6.45, 7) is 1.27. The van der Waals surface area contributed by atoms with Crippen molar-refractivity contribution in [3.05, 3.63) is 74.7 Å². The molecule has 0 amide bonds. The van der Waals surface area contributed by atoms with Crippen molar-refractivity contribution in [2.75, 3.05) is 7.11 Å². The lowest BCUT2D eigenvalue weighted by Crippen LogP contribution is -2.40. The molecule has 1 aromatic heterocycles. The Kier molecular flexibility index (Phi) is 5.58. The van der Waals surface area contributed by atoms with Crippen molar-refractivity contribution in [3.8, 4) is 5.75 Å². The molecule has 8 heteroatoms. The number of methoxy groups -OCH3 is 1. The summed E-state index contributed by atoms with van der Waals surface area (Å²) in [5.41, 5.74) is -0.280. The van der Waals surface area contributed by atoms with Crippen molar-refractivity contribution in [3.63, 3.8) is 0 Å². The van der Waals surface area contributed by atoms with Crippen molar-refractivity contribution in [2.24, 2.45) is 0 Å². The largest absolute Gasteiger partial charge is 0.496 e. The standard InChI is InChI=1S/C20H19FN2O5/c1-3-22-19(25)15-6-4-5-7-16(15)23(20(22)26)11-18(24)28-12-13-10-14(21)8-9-17(13)27-2/h4-10H,3,11-12H2,1-2H3. The smallest absolute Gasteiger partial charge is 0.332 e. The molecule has 0 saturated heterocycles. The summed E-state index contributed by atoms with van der Waals surface area (Å²) in [7, 11) is 1.43. The third-order valence-electron chi connectivity index (χ3n) is 4.37. The van der Waals surface area contributed by atoms with Crippen molar-refractivity contribution >= 4 is 16.9 Å². The van der Waals surface area contributed by atoms with E-state index in [0.717, 1.165) is 4.57 Å². The number of carbonyl (C=O) groups is 1. The van der Waals surface area contributed by atoms with Crippen molar-refractivity contribution in [1.82, 2.24) is 9.13 Å². The van der Waals surface area contributed by atoms with Crippen LogP contribution in [-0.4, -0.2) is 22.2 Å². The maximum atomic E-state index is 13.4. The third-order valence-corrected chi connectivity index (χ3v) is 4.37. The number of carbonyl (C=O) groups excluding carboxylic acids is 1. The van der Waals surface area contributed by atoms with E-state index in [0.29, 0.717) is 22.2 Å². The van der Waals surface area contributed by atoms with Gasteiger partial charge in [-0.25, -0.2) is 9.18 Å². The molecule has 0 fully saturated rings. The fourth-order valence-corrected chi connectivity index (χ4v) is 3.00. The molecule has 146 valence electrons. The molecule has 0 spiro atoms. The number of hydrogen-bond acceptors (Lipinski definition) is 5. The van der Waals surface area contributed by atoms with Gasteiger partial charge >= 0.3 is 11.7 Å². The molecule has 3 rings (SSSR count). The van der Waals surface area contributed by atoms with Crippen LogP contribution in [-0.2, 0) is 29.2 Å². The minimum atomic E-state index is -0.695. The quantitative estimate of drug-likeness (QED) is 0.606. The van der Waals surface area contributed by atoms with Crippen LogP contribution >= 0.6 is 0 Å². The van der Waals surface area contributed by atoms with Crippen LogP contribution in [0.2, 0.25) is 0 Å². The van der Waals surface area contributed by atoms with Crippen LogP contribution in [0.4, 0.5) is 4.39 Å². The zero-order chi connectivity index (χ0) is 20.3. The predicted octanol–water partition coefficient (Wildman–Crippen LogP) is 2.07. The number of benzene rings is 2. The molecule has 0 radical (unpaired) electrons. The molecule has 0 saturated carbocycles. The normalized spacial score (nSPS) is 10.8. The van der Waals surface area contributed by atoms with Gasteiger partial charge in [0.2, 0.25) is 0 Å². The Morgan fingerprint density at radius 1 is 1.11 bits per heavy atom. The number of para-hydroxylation sites is 1. The Hall–Kier alpha value is -3.42. The van der Waals surface area contributed by atoms with Gasteiger partial charge in [-0.2, -0.15) is 0 Å². The second-order valence-corrected chi connectivity index (χ2v) is 6.05. The number of esters is 1. The topological polar surface area (TPSA) is 79.5 Å². The van der Waals surface area contributed by atoms with Crippen LogP contribution in [0.5, 0.6) is 5.75 Å². The van der Waals surface area contributed by atoms with E-state index >= 15 is 0 Å². The molecular weight excluding hydrogens is 367 g/mol. The van der Waals surface area contributed by atoms with Gasteiger partial charge in [-0.15, -0.1) is 0 Å². The highest BCUT2D eigenvalue weighted by Gasteiger charge is 2.16. The summed E-state index contributed by atoms with van der Waals surface area (Å²) >= 11 is 0. The number of ether oxygens (including phenoxy) is 2. The predicted molar refractivity (Wildman–Crippen MR) is 101 cm³/mol. The van der Waals surface area contributed by atoms with Crippen LogP contribution in [0.3, 0.4) is 0 Å². The van der Waals surface area contributed by atoms with E-state index in [1.807, 2.05) is 0 Å². The van der Waals surface area contributed by atoms with Crippen LogP contribution in [0.1, 0.15) is 12.5 Å². The Labute approximate surface area is 159 Å². The third kappa shape index (κ3) is 3.66. The molecule has 0 aliphatic carbocycles. The lowest BCUT2D eigenvalue weighted by molar-refractivity contribution is -0.145. The Balaban J connectivity index is 1.89. The maximum absolute atomic E-state index is 13.4. The van der Waals surface area contributed by atoms with Gasteiger partial charge in [0.15, 0.2) is 0 Å². The first-order chi connectivity index (χ1) is 13.5. The number of aromatic nitrogens is 2. The van der Waals surface area contributed by atoms with Gasteiger partial charge in [0.1, 0.15) is 24.7 Å². The molecular formula is C20H19FN2O5. The molecule has 7 nitrogen and oxygen atoms in total. The highest BCUT2D eigenvalue weighted by atomic mass is 19.1. The fraction of sp³-hybridized carbons (Fsp3) is 0.250. The zero-order valence-electron chi connectivity index (χ0n) is 15.5. The van der Waals surface area contributed by atoms with Crippen LogP contribution in [0.25, 0.3) is 10.9 Å². The molecule has 28 heavy (non-hydrogen) atoms. The second-order valence-electron chi connectivity index (χ2n) is 6.05. The van der Waals surface area contributed by atoms with Gasteiger partial charge in [0.05, 0.1) is 18.0 Å². The Morgan fingerprint density at radius 3 is 2.57 bits per heavy atom. The van der Waals surface area contributed by atoms with E-state index in [4.69, 9.17) is 9.47 Å². The summed E-state index contributed by atoms with van der Waals surface area (Å²) in [6, 6.07) is 10.5. The molecule has 0 bridgehead atoms. The first-order valence-electron chi connectivity index (χ1n) is 8.66. The van der Waals surface area contributed by atoms with Crippen molar-refractivity contribution in [2.45, 2.75) is 26.6 Å². The number of nitrogens with zero attached hydrogens (tertiary/aromatic N) is 2.